The van der Waals surface area contributed by atoms with E-state index in [1.807, 2.05) is 0 Å². The molecule has 2 amide bonds. The van der Waals surface area contributed by atoms with Crippen LogP contribution in [0.3, 0.4) is 0 Å². The number of nitrogens with zero attached hydrogens (tertiary/aromatic N) is 1. The largest absolute Gasteiger partial charge is 0.480 e. The molecule has 0 spiro atoms. The first-order valence-corrected chi connectivity index (χ1v) is 5.68. The average Bonchev–Trinajstić information content (AvgIpc) is 2.15. The second-order valence-electron chi connectivity index (χ2n) is 2.89. The van der Waals surface area contributed by atoms with Gasteiger partial charge in [-0.05, 0) is 0 Å². The van der Waals surface area contributed by atoms with E-state index >= 15 is 0 Å². The molecule has 1 heterocycles. The Labute approximate surface area is 83.7 Å². The van der Waals surface area contributed by atoms with Crippen molar-refractivity contribution in [3.05, 3.63) is 0 Å². The third kappa shape index (κ3) is 3.33. The van der Waals surface area contributed by atoms with Crippen molar-refractivity contribution in [2.75, 3.05) is 31.1 Å². The number of carbonyl (C=O) groups is 2. The number of hydrogen-bond donors (Lipinski definition) is 2. The minimum Gasteiger partial charge on any atom is -0.480 e. The number of hydrogen-bond acceptors (Lipinski definition) is 3. The minimum absolute atomic E-state index is 0.377. The zero-order valence-electron chi connectivity index (χ0n) is 7.56. The standard InChI is InChI=1S/C7H12N2O4S/c10-6(11)5-8-7(12)9-1-3-14(13)4-2-9/h1-5H2,(H,8,12)(H,10,11). The molecular weight excluding hydrogens is 208 g/mol. The fourth-order valence-corrected chi connectivity index (χ4v) is 2.16. The lowest BCUT2D eigenvalue weighted by atomic mass is 10.5. The van der Waals surface area contributed by atoms with Gasteiger partial charge in [0.1, 0.15) is 6.54 Å². The van der Waals surface area contributed by atoms with E-state index in [9.17, 15) is 13.8 Å². The summed E-state index contributed by atoms with van der Waals surface area (Å²) in [7, 11) is -0.828. The minimum atomic E-state index is -1.07. The highest BCUT2D eigenvalue weighted by atomic mass is 32.2. The van der Waals surface area contributed by atoms with Crippen LogP contribution in [0.25, 0.3) is 0 Å². The van der Waals surface area contributed by atoms with Crippen molar-refractivity contribution in [3.63, 3.8) is 0 Å². The SMILES string of the molecule is O=C(O)CNC(=O)N1CCS(=O)CC1. The van der Waals surface area contributed by atoms with E-state index in [2.05, 4.69) is 5.32 Å². The summed E-state index contributed by atoms with van der Waals surface area (Å²) in [6.45, 7) is 0.481. The highest BCUT2D eigenvalue weighted by molar-refractivity contribution is 7.85. The Bertz CT molecular complexity index is 258. The lowest BCUT2D eigenvalue weighted by Gasteiger charge is -2.26. The molecule has 0 aliphatic carbocycles. The van der Waals surface area contributed by atoms with Gasteiger partial charge in [-0.25, -0.2) is 4.79 Å². The first-order chi connectivity index (χ1) is 6.59. The molecule has 0 saturated carbocycles. The van der Waals surface area contributed by atoms with E-state index < -0.39 is 22.8 Å². The molecular formula is C7H12N2O4S. The van der Waals surface area contributed by atoms with Crippen LogP contribution in [0.2, 0.25) is 0 Å². The van der Waals surface area contributed by atoms with E-state index in [-0.39, 0.29) is 6.54 Å². The summed E-state index contributed by atoms with van der Waals surface area (Å²) < 4.78 is 11.0. The molecule has 1 fully saturated rings. The number of carbonyl (C=O) groups excluding carboxylic acids is 1. The molecule has 0 atom stereocenters. The fourth-order valence-electron chi connectivity index (χ4n) is 1.10. The molecule has 0 bridgehead atoms. The lowest BCUT2D eigenvalue weighted by Crippen LogP contribution is -2.47. The van der Waals surface area contributed by atoms with E-state index in [1.54, 1.807) is 0 Å². The summed E-state index contributed by atoms with van der Waals surface area (Å²) in [5, 5.41) is 10.6. The molecule has 0 aromatic heterocycles. The molecule has 6 nitrogen and oxygen atoms in total. The predicted octanol–water partition coefficient (Wildman–Crippen LogP) is -1.16. The van der Waals surface area contributed by atoms with Gasteiger partial charge in [-0.2, -0.15) is 0 Å². The van der Waals surface area contributed by atoms with Crippen molar-refractivity contribution < 1.29 is 18.9 Å². The molecule has 0 radical (unpaired) electrons. The van der Waals surface area contributed by atoms with Gasteiger partial charge in [-0.3, -0.25) is 9.00 Å². The Morgan fingerprint density at radius 1 is 1.36 bits per heavy atom. The fraction of sp³-hybridized carbons (Fsp3) is 0.714. The predicted molar refractivity (Wildman–Crippen MR) is 50.5 cm³/mol. The summed E-state index contributed by atoms with van der Waals surface area (Å²) in [5.74, 6) is -0.125. The number of urea groups is 1. The summed E-state index contributed by atoms with van der Waals surface area (Å²) in [4.78, 5) is 22.9. The highest BCUT2D eigenvalue weighted by Gasteiger charge is 2.19. The Morgan fingerprint density at radius 2 is 1.93 bits per heavy atom. The number of rotatable bonds is 2. The van der Waals surface area contributed by atoms with Gasteiger partial charge in [-0.15, -0.1) is 0 Å². The van der Waals surface area contributed by atoms with Crippen LogP contribution in [-0.4, -0.2) is 57.4 Å². The molecule has 2 N–H and O–H groups in total. The van der Waals surface area contributed by atoms with E-state index in [4.69, 9.17) is 5.11 Å². The topological polar surface area (TPSA) is 86.7 Å². The third-order valence-electron chi connectivity index (χ3n) is 1.86. The van der Waals surface area contributed by atoms with Gasteiger partial charge < -0.3 is 15.3 Å². The Balaban J connectivity index is 2.30. The van der Waals surface area contributed by atoms with Gasteiger partial charge in [0.05, 0.1) is 0 Å². The average molecular weight is 220 g/mol. The number of carboxylic acids is 1. The van der Waals surface area contributed by atoms with Gasteiger partial charge in [-0.1, -0.05) is 0 Å². The molecule has 1 aliphatic rings. The van der Waals surface area contributed by atoms with Crippen LogP contribution < -0.4 is 5.32 Å². The maximum absolute atomic E-state index is 11.3. The third-order valence-corrected chi connectivity index (χ3v) is 3.13. The van der Waals surface area contributed by atoms with E-state index in [1.165, 1.54) is 4.90 Å². The molecule has 1 rings (SSSR count). The zero-order valence-corrected chi connectivity index (χ0v) is 8.38. The molecule has 0 aromatic carbocycles. The maximum atomic E-state index is 11.3. The molecule has 80 valence electrons. The lowest BCUT2D eigenvalue weighted by molar-refractivity contribution is -0.135. The Morgan fingerprint density at radius 3 is 2.43 bits per heavy atom. The van der Waals surface area contributed by atoms with Crippen molar-refractivity contribution in [3.8, 4) is 0 Å². The molecule has 0 unspecified atom stereocenters. The second-order valence-corrected chi connectivity index (χ2v) is 4.58. The summed E-state index contributed by atoms with van der Waals surface area (Å²) in [5.41, 5.74) is 0. The number of nitrogens with one attached hydrogen (secondary N) is 1. The number of carboxylic acid groups (broad SMARTS) is 1. The van der Waals surface area contributed by atoms with Crippen molar-refractivity contribution in [2.45, 2.75) is 0 Å². The molecule has 7 heteroatoms. The maximum Gasteiger partial charge on any atom is 0.323 e. The van der Waals surface area contributed by atoms with Gasteiger partial charge in [0.2, 0.25) is 0 Å². The highest BCUT2D eigenvalue weighted by Crippen LogP contribution is 1.99. The van der Waals surface area contributed by atoms with E-state index in [0.29, 0.717) is 24.6 Å². The van der Waals surface area contributed by atoms with Gasteiger partial charge in [0, 0.05) is 35.4 Å². The summed E-state index contributed by atoms with van der Waals surface area (Å²) in [6, 6.07) is -0.399. The Hall–Kier alpha value is -1.11. The first-order valence-electron chi connectivity index (χ1n) is 4.19. The first kappa shape index (κ1) is 11.0. The second kappa shape index (κ2) is 4.94. The normalized spacial score (nSPS) is 17.9. The van der Waals surface area contributed by atoms with Crippen LogP contribution in [-0.2, 0) is 15.6 Å². The van der Waals surface area contributed by atoms with Crippen molar-refractivity contribution in [1.29, 1.82) is 0 Å². The monoisotopic (exact) mass is 220 g/mol. The van der Waals surface area contributed by atoms with Gasteiger partial charge in [0.15, 0.2) is 0 Å². The molecule has 14 heavy (non-hydrogen) atoms. The zero-order chi connectivity index (χ0) is 10.6. The molecule has 0 aromatic rings. The van der Waals surface area contributed by atoms with Crippen LogP contribution in [0.4, 0.5) is 4.79 Å². The summed E-state index contributed by atoms with van der Waals surface area (Å²) >= 11 is 0. The van der Waals surface area contributed by atoms with Crippen molar-refractivity contribution in [1.82, 2.24) is 10.2 Å². The smallest absolute Gasteiger partial charge is 0.323 e. The van der Waals surface area contributed by atoms with Crippen LogP contribution in [0.1, 0.15) is 0 Å². The van der Waals surface area contributed by atoms with Crippen LogP contribution in [0.15, 0.2) is 0 Å². The van der Waals surface area contributed by atoms with Crippen LogP contribution >= 0.6 is 0 Å². The van der Waals surface area contributed by atoms with Gasteiger partial charge >= 0.3 is 12.0 Å². The number of aliphatic carboxylic acids is 1. The molecule has 1 saturated heterocycles. The van der Waals surface area contributed by atoms with Gasteiger partial charge in [0.25, 0.3) is 0 Å². The molecule has 1 aliphatic heterocycles. The van der Waals surface area contributed by atoms with Crippen LogP contribution in [0.5, 0.6) is 0 Å². The van der Waals surface area contributed by atoms with E-state index in [0.717, 1.165) is 0 Å². The Kier molecular flexibility index (Phi) is 3.87. The van der Waals surface area contributed by atoms with Crippen molar-refractivity contribution in [2.24, 2.45) is 0 Å². The van der Waals surface area contributed by atoms with Crippen LogP contribution in [0, 0.1) is 0 Å². The van der Waals surface area contributed by atoms with Crippen molar-refractivity contribution >= 4 is 22.8 Å². The quantitative estimate of drug-likeness (QED) is 0.615. The summed E-state index contributed by atoms with van der Waals surface area (Å²) in [6.07, 6.45) is 0. The number of amides is 2.